The molecule has 0 fully saturated rings. The molecule has 18 heavy (non-hydrogen) atoms. The zero-order valence-electron chi connectivity index (χ0n) is 10.1. The highest BCUT2D eigenvalue weighted by molar-refractivity contribution is 7.11. The van der Waals surface area contributed by atoms with Crippen LogP contribution in [0.4, 0.5) is 8.78 Å². The molecule has 1 N–H and O–H groups in total. The van der Waals surface area contributed by atoms with Crippen LogP contribution < -0.4 is 0 Å². The van der Waals surface area contributed by atoms with Crippen molar-refractivity contribution >= 4 is 11.3 Å². The first-order chi connectivity index (χ1) is 8.47. The Hall–Kier alpha value is -1.33. The molecule has 1 unspecified atom stereocenters. The summed E-state index contributed by atoms with van der Waals surface area (Å²) in [5.74, 6) is -1.25. The van der Waals surface area contributed by atoms with E-state index < -0.39 is 17.7 Å². The lowest BCUT2D eigenvalue weighted by molar-refractivity contribution is 0.180. The number of hydrogen-bond donors (Lipinski definition) is 1. The number of aryl methyl sites for hydroxylation is 2. The smallest absolute Gasteiger partial charge is 0.129 e. The highest BCUT2D eigenvalue weighted by atomic mass is 32.1. The van der Waals surface area contributed by atoms with Gasteiger partial charge < -0.3 is 5.11 Å². The molecule has 1 aromatic heterocycles. The van der Waals surface area contributed by atoms with E-state index in [9.17, 15) is 13.9 Å². The van der Waals surface area contributed by atoms with Gasteiger partial charge in [0.2, 0.25) is 0 Å². The number of nitrogens with zero attached hydrogens (tertiary/aromatic N) is 1. The van der Waals surface area contributed by atoms with Crippen molar-refractivity contribution in [2.45, 2.75) is 26.4 Å². The first kappa shape index (κ1) is 13.1. The van der Waals surface area contributed by atoms with E-state index >= 15 is 0 Å². The summed E-state index contributed by atoms with van der Waals surface area (Å²) in [5, 5.41) is 10.9. The van der Waals surface area contributed by atoms with Crippen molar-refractivity contribution in [3.8, 4) is 0 Å². The first-order valence-corrected chi connectivity index (χ1v) is 6.35. The second-order valence-electron chi connectivity index (χ2n) is 4.14. The molecule has 0 aliphatic heterocycles. The van der Waals surface area contributed by atoms with Crippen LogP contribution in [-0.2, 0) is 6.42 Å². The van der Waals surface area contributed by atoms with Crippen molar-refractivity contribution in [3.63, 3.8) is 0 Å². The van der Waals surface area contributed by atoms with Crippen LogP contribution in [0, 0.1) is 25.5 Å². The number of aliphatic hydroxyl groups is 1. The van der Waals surface area contributed by atoms with E-state index in [1.54, 1.807) is 0 Å². The summed E-state index contributed by atoms with van der Waals surface area (Å²) >= 11 is 1.39. The Morgan fingerprint density at radius 1 is 1.33 bits per heavy atom. The predicted molar refractivity (Wildman–Crippen MR) is 66.6 cm³/mol. The summed E-state index contributed by atoms with van der Waals surface area (Å²) in [7, 11) is 0. The van der Waals surface area contributed by atoms with Gasteiger partial charge in [0.15, 0.2) is 0 Å². The van der Waals surface area contributed by atoms with E-state index in [4.69, 9.17) is 0 Å². The minimum atomic E-state index is -0.809. The Kier molecular flexibility index (Phi) is 3.73. The van der Waals surface area contributed by atoms with Crippen LogP contribution in [0.15, 0.2) is 18.2 Å². The fourth-order valence-corrected chi connectivity index (χ4v) is 2.76. The highest BCUT2D eigenvalue weighted by Crippen LogP contribution is 2.28. The number of halogens is 2. The van der Waals surface area contributed by atoms with Crippen LogP contribution in [0.25, 0.3) is 0 Å². The average molecular weight is 269 g/mol. The maximum Gasteiger partial charge on any atom is 0.129 e. The normalized spacial score (nSPS) is 12.7. The van der Waals surface area contributed by atoms with E-state index in [0.717, 1.165) is 21.6 Å². The van der Waals surface area contributed by atoms with Gasteiger partial charge in [-0.2, -0.15) is 0 Å². The summed E-state index contributed by atoms with van der Waals surface area (Å²) < 4.78 is 26.2. The fraction of sp³-hybridized carbons (Fsp3) is 0.308. The molecule has 0 aliphatic rings. The van der Waals surface area contributed by atoms with Crippen LogP contribution in [0.5, 0.6) is 0 Å². The van der Waals surface area contributed by atoms with Crippen LogP contribution in [-0.4, -0.2) is 10.1 Å². The molecule has 1 aromatic carbocycles. The molecule has 1 atom stereocenters. The van der Waals surface area contributed by atoms with Crippen molar-refractivity contribution in [2.24, 2.45) is 0 Å². The number of aliphatic hydroxyl groups excluding tert-OH is 1. The summed E-state index contributed by atoms with van der Waals surface area (Å²) in [6.45, 7) is 3.66. The van der Waals surface area contributed by atoms with Gasteiger partial charge in [-0.1, -0.05) is 6.07 Å². The van der Waals surface area contributed by atoms with Gasteiger partial charge in [0.1, 0.15) is 11.6 Å². The summed E-state index contributed by atoms with van der Waals surface area (Å²) in [6, 6.07) is 3.37. The molecular formula is C13H13F2NOS. The van der Waals surface area contributed by atoms with E-state index in [0.29, 0.717) is 5.56 Å². The van der Waals surface area contributed by atoms with E-state index in [1.165, 1.54) is 23.5 Å². The largest absolute Gasteiger partial charge is 0.387 e. The van der Waals surface area contributed by atoms with Crippen LogP contribution in [0.3, 0.4) is 0 Å². The third-order valence-corrected chi connectivity index (χ3v) is 3.84. The second-order valence-corrected chi connectivity index (χ2v) is 5.37. The Morgan fingerprint density at radius 3 is 2.61 bits per heavy atom. The van der Waals surface area contributed by atoms with Crippen molar-refractivity contribution in [2.75, 3.05) is 0 Å². The molecule has 0 amide bonds. The predicted octanol–water partition coefficient (Wildman–Crippen LogP) is 3.31. The summed E-state index contributed by atoms with van der Waals surface area (Å²) in [5.41, 5.74) is 1.06. The number of aromatic nitrogens is 1. The van der Waals surface area contributed by atoms with Gasteiger partial charge in [0, 0.05) is 12.5 Å². The molecule has 0 saturated carbocycles. The van der Waals surface area contributed by atoms with Gasteiger partial charge in [0.25, 0.3) is 0 Å². The Balaban J connectivity index is 2.21. The van der Waals surface area contributed by atoms with Gasteiger partial charge in [-0.15, -0.1) is 11.3 Å². The quantitative estimate of drug-likeness (QED) is 0.927. The molecule has 0 radical (unpaired) electrons. The van der Waals surface area contributed by atoms with Gasteiger partial charge in [-0.05, 0) is 25.5 Å². The molecule has 0 bridgehead atoms. The summed E-state index contributed by atoms with van der Waals surface area (Å²) in [6.07, 6.45) is -0.689. The van der Waals surface area contributed by atoms with Crippen LogP contribution >= 0.6 is 11.3 Å². The van der Waals surface area contributed by atoms with Crippen molar-refractivity contribution in [1.29, 1.82) is 0 Å². The Bertz CT molecular complexity index is 568. The van der Waals surface area contributed by atoms with E-state index in [-0.39, 0.29) is 6.42 Å². The molecule has 2 aromatic rings. The number of hydrogen-bond acceptors (Lipinski definition) is 3. The van der Waals surface area contributed by atoms with E-state index in [2.05, 4.69) is 4.98 Å². The zero-order chi connectivity index (χ0) is 13.3. The molecule has 2 rings (SSSR count). The maximum atomic E-state index is 13.5. The maximum absolute atomic E-state index is 13.5. The second kappa shape index (κ2) is 5.12. The van der Waals surface area contributed by atoms with Crippen molar-refractivity contribution < 1.29 is 13.9 Å². The molecule has 96 valence electrons. The third kappa shape index (κ3) is 2.73. The SMILES string of the molecule is Cc1nc(C)c(C(O)Cc2ccc(F)cc2F)s1. The topological polar surface area (TPSA) is 33.1 Å². The van der Waals surface area contributed by atoms with Crippen molar-refractivity contribution in [3.05, 3.63) is 51.0 Å². The van der Waals surface area contributed by atoms with E-state index in [1.807, 2.05) is 13.8 Å². The van der Waals surface area contributed by atoms with Crippen LogP contribution in [0.2, 0.25) is 0 Å². The average Bonchev–Trinajstić information content (AvgIpc) is 2.62. The third-order valence-electron chi connectivity index (χ3n) is 2.67. The fourth-order valence-electron chi connectivity index (χ4n) is 1.84. The lowest BCUT2D eigenvalue weighted by Crippen LogP contribution is -2.03. The molecule has 0 spiro atoms. The minimum Gasteiger partial charge on any atom is -0.387 e. The van der Waals surface area contributed by atoms with Crippen LogP contribution in [0.1, 0.15) is 27.2 Å². The monoisotopic (exact) mass is 269 g/mol. The standard InChI is InChI=1S/C13H13F2NOS/c1-7-13(18-8(2)16-7)12(17)5-9-3-4-10(14)6-11(9)15/h3-4,6,12,17H,5H2,1-2H3. The number of benzene rings is 1. The van der Waals surface area contributed by atoms with Crippen molar-refractivity contribution in [1.82, 2.24) is 4.98 Å². The number of rotatable bonds is 3. The highest BCUT2D eigenvalue weighted by Gasteiger charge is 2.17. The van der Waals surface area contributed by atoms with Gasteiger partial charge in [-0.3, -0.25) is 0 Å². The van der Waals surface area contributed by atoms with Gasteiger partial charge >= 0.3 is 0 Å². The van der Waals surface area contributed by atoms with Gasteiger partial charge in [0.05, 0.1) is 21.7 Å². The Labute approximate surface area is 108 Å². The summed E-state index contributed by atoms with van der Waals surface area (Å²) in [4.78, 5) is 4.95. The minimum absolute atomic E-state index is 0.120. The Morgan fingerprint density at radius 2 is 2.06 bits per heavy atom. The molecule has 0 saturated heterocycles. The molecule has 1 heterocycles. The molecule has 5 heteroatoms. The van der Waals surface area contributed by atoms with Gasteiger partial charge in [-0.25, -0.2) is 13.8 Å². The zero-order valence-corrected chi connectivity index (χ0v) is 10.9. The molecular weight excluding hydrogens is 256 g/mol. The lowest BCUT2D eigenvalue weighted by Gasteiger charge is -2.10. The molecule has 0 aliphatic carbocycles. The lowest BCUT2D eigenvalue weighted by atomic mass is 10.1. The number of thiazole rings is 1. The first-order valence-electron chi connectivity index (χ1n) is 5.53. The molecule has 2 nitrogen and oxygen atoms in total.